The van der Waals surface area contributed by atoms with Crippen LogP contribution in [0.4, 0.5) is 11.4 Å². The van der Waals surface area contributed by atoms with Crippen molar-refractivity contribution in [2.45, 2.75) is 31.6 Å². The lowest BCUT2D eigenvalue weighted by Crippen LogP contribution is -2.51. The number of rotatable bonds is 2. The molecule has 0 aliphatic carbocycles. The zero-order valence-electron chi connectivity index (χ0n) is 19.5. The second-order valence-corrected chi connectivity index (χ2v) is 9.75. The van der Waals surface area contributed by atoms with E-state index in [1.807, 2.05) is 12.1 Å². The molecule has 0 amide bonds. The maximum absolute atomic E-state index is 9.53. The van der Waals surface area contributed by atoms with Gasteiger partial charge in [0.05, 0.1) is 30.3 Å². The molecular weight excluding hydrogens is 424 g/mol. The topological polar surface area (TPSA) is 81.6 Å². The molecule has 7 nitrogen and oxygen atoms in total. The van der Waals surface area contributed by atoms with Crippen LogP contribution in [-0.4, -0.2) is 61.4 Å². The minimum atomic E-state index is 0.0485. The quantitative estimate of drug-likeness (QED) is 0.637. The number of nitrogens with two attached hydrogens (primary N) is 1. The van der Waals surface area contributed by atoms with E-state index < -0.39 is 0 Å². The van der Waals surface area contributed by atoms with E-state index in [9.17, 15) is 5.26 Å². The molecule has 34 heavy (non-hydrogen) atoms. The Morgan fingerprint density at radius 1 is 1.12 bits per heavy atom. The summed E-state index contributed by atoms with van der Waals surface area (Å²) in [6.07, 6.45) is 1.77. The maximum Gasteiger partial charge on any atom is 0.101 e. The van der Waals surface area contributed by atoms with Crippen LogP contribution in [0.2, 0.25) is 0 Å². The summed E-state index contributed by atoms with van der Waals surface area (Å²) in [6, 6.07) is 18.1. The molecule has 3 aromatic rings. The van der Waals surface area contributed by atoms with E-state index in [2.05, 4.69) is 63.0 Å². The first-order valence-electron chi connectivity index (χ1n) is 12.1. The van der Waals surface area contributed by atoms with Crippen molar-refractivity contribution in [2.75, 3.05) is 49.2 Å². The second kappa shape index (κ2) is 8.55. The van der Waals surface area contributed by atoms with Gasteiger partial charge in [0, 0.05) is 67.8 Å². The van der Waals surface area contributed by atoms with Crippen LogP contribution in [0.1, 0.15) is 29.7 Å². The Labute approximate surface area is 200 Å². The Morgan fingerprint density at radius 3 is 2.91 bits per heavy atom. The van der Waals surface area contributed by atoms with Gasteiger partial charge in [-0.05, 0) is 54.4 Å². The molecule has 0 spiro atoms. The monoisotopic (exact) mass is 454 g/mol. The number of benzene rings is 2. The Kier molecular flexibility index (Phi) is 5.37. The highest BCUT2D eigenvalue weighted by Crippen LogP contribution is 2.42. The highest BCUT2D eigenvalue weighted by atomic mass is 16.5. The predicted octanol–water partition coefficient (Wildman–Crippen LogP) is 3.04. The summed E-state index contributed by atoms with van der Waals surface area (Å²) in [5, 5.41) is 10.6. The fourth-order valence-electron chi connectivity index (χ4n) is 5.90. The largest absolute Gasteiger partial charge is 0.378 e. The SMILES string of the molecule is C[C@@H]1CN(c2ccc(C#N)c3ncccc23)C[C@@H]2c3ccc(N4CCOC[C@H](N)C4)cc3CN12. The van der Waals surface area contributed by atoms with Gasteiger partial charge in [-0.2, -0.15) is 5.26 Å². The molecule has 174 valence electrons. The zero-order valence-corrected chi connectivity index (χ0v) is 19.5. The third-order valence-corrected chi connectivity index (χ3v) is 7.55. The Bertz CT molecular complexity index is 1270. The number of nitriles is 1. The van der Waals surface area contributed by atoms with Crippen molar-refractivity contribution in [3.63, 3.8) is 0 Å². The fourth-order valence-corrected chi connectivity index (χ4v) is 5.90. The standard InChI is InChI=1S/C27H30N6O/c1-18-13-32(25-7-4-19(12-28)27-24(25)3-2-8-30-27)16-26-23-6-5-22(11-20(23)14-33(18)26)31-9-10-34-17-21(29)15-31/h2-8,11,18,21,26H,9-10,13-17,29H2,1H3/t18-,21-,26-/m1/s1. The number of nitrogens with zero attached hydrogens (tertiary/aromatic N) is 5. The van der Waals surface area contributed by atoms with E-state index in [-0.39, 0.29) is 6.04 Å². The molecule has 2 fully saturated rings. The van der Waals surface area contributed by atoms with Crippen LogP contribution < -0.4 is 15.5 Å². The molecule has 2 N–H and O–H groups in total. The number of anilines is 2. The molecule has 0 radical (unpaired) electrons. The van der Waals surface area contributed by atoms with Crippen LogP contribution >= 0.6 is 0 Å². The van der Waals surface area contributed by atoms with Crippen LogP contribution in [0.15, 0.2) is 48.7 Å². The number of fused-ring (bicyclic) bond motifs is 4. The molecule has 3 aliphatic rings. The first kappa shape index (κ1) is 21.4. The molecule has 4 heterocycles. The molecule has 2 aromatic carbocycles. The van der Waals surface area contributed by atoms with Crippen LogP contribution in [-0.2, 0) is 11.3 Å². The van der Waals surface area contributed by atoms with E-state index in [0.29, 0.717) is 24.3 Å². The van der Waals surface area contributed by atoms with Gasteiger partial charge in [0.15, 0.2) is 0 Å². The molecule has 7 heteroatoms. The molecule has 6 rings (SSSR count). The van der Waals surface area contributed by atoms with Crippen molar-refractivity contribution in [1.29, 1.82) is 5.26 Å². The first-order valence-corrected chi connectivity index (χ1v) is 12.1. The van der Waals surface area contributed by atoms with E-state index in [1.54, 1.807) is 6.20 Å². The highest BCUT2D eigenvalue weighted by Gasteiger charge is 2.39. The molecule has 0 unspecified atom stereocenters. The smallest absolute Gasteiger partial charge is 0.101 e. The molecule has 0 saturated carbocycles. The van der Waals surface area contributed by atoms with E-state index >= 15 is 0 Å². The van der Waals surface area contributed by atoms with E-state index in [4.69, 9.17) is 10.5 Å². The zero-order chi connectivity index (χ0) is 23.2. The normalized spacial score (nSPS) is 25.0. The number of hydrogen-bond donors (Lipinski definition) is 1. The lowest BCUT2D eigenvalue weighted by molar-refractivity contribution is 0.134. The minimum absolute atomic E-state index is 0.0485. The highest BCUT2D eigenvalue weighted by molar-refractivity contribution is 5.95. The van der Waals surface area contributed by atoms with Gasteiger partial charge >= 0.3 is 0 Å². The second-order valence-electron chi connectivity index (χ2n) is 9.75. The van der Waals surface area contributed by atoms with Crippen molar-refractivity contribution in [3.8, 4) is 6.07 Å². The number of piperazine rings is 1. The van der Waals surface area contributed by atoms with Gasteiger partial charge in [-0.3, -0.25) is 9.88 Å². The molecule has 0 bridgehead atoms. The number of aromatic nitrogens is 1. The summed E-state index contributed by atoms with van der Waals surface area (Å²) in [4.78, 5) is 12.0. The van der Waals surface area contributed by atoms with Gasteiger partial charge in [0.2, 0.25) is 0 Å². The van der Waals surface area contributed by atoms with E-state index in [1.165, 1.54) is 16.8 Å². The molecule has 2 saturated heterocycles. The number of pyridine rings is 1. The van der Waals surface area contributed by atoms with Gasteiger partial charge in [-0.15, -0.1) is 0 Å². The lowest BCUT2D eigenvalue weighted by Gasteiger charge is -2.43. The van der Waals surface area contributed by atoms with Crippen LogP contribution in [0, 0.1) is 11.3 Å². The summed E-state index contributed by atoms with van der Waals surface area (Å²) < 4.78 is 5.64. The van der Waals surface area contributed by atoms with Crippen LogP contribution in [0.25, 0.3) is 10.9 Å². The van der Waals surface area contributed by atoms with Crippen molar-refractivity contribution in [2.24, 2.45) is 5.73 Å². The number of ether oxygens (including phenoxy) is 1. The minimum Gasteiger partial charge on any atom is -0.378 e. The first-order chi connectivity index (χ1) is 16.6. The van der Waals surface area contributed by atoms with Crippen LogP contribution in [0.3, 0.4) is 0 Å². The Hall–Kier alpha value is -3.18. The van der Waals surface area contributed by atoms with Gasteiger partial charge in [0.1, 0.15) is 6.07 Å². The average Bonchev–Trinajstić information content (AvgIpc) is 3.09. The third kappa shape index (κ3) is 3.59. The number of hydrogen-bond acceptors (Lipinski definition) is 7. The van der Waals surface area contributed by atoms with E-state index in [0.717, 1.165) is 55.9 Å². The third-order valence-electron chi connectivity index (χ3n) is 7.55. The van der Waals surface area contributed by atoms with Gasteiger partial charge in [-0.1, -0.05) is 6.07 Å². The lowest BCUT2D eigenvalue weighted by atomic mass is 9.99. The summed E-state index contributed by atoms with van der Waals surface area (Å²) >= 11 is 0. The van der Waals surface area contributed by atoms with Crippen molar-refractivity contribution < 1.29 is 4.74 Å². The maximum atomic E-state index is 9.53. The van der Waals surface area contributed by atoms with Crippen molar-refractivity contribution in [3.05, 3.63) is 65.4 Å². The summed E-state index contributed by atoms with van der Waals surface area (Å²) in [5.41, 5.74) is 12.9. The molecule has 1 aromatic heterocycles. The van der Waals surface area contributed by atoms with Gasteiger partial charge < -0.3 is 20.3 Å². The summed E-state index contributed by atoms with van der Waals surface area (Å²) in [6.45, 7) is 8.24. The van der Waals surface area contributed by atoms with Gasteiger partial charge in [-0.25, -0.2) is 0 Å². The molecular formula is C27H30N6O. The fraction of sp³-hybridized carbons (Fsp3) is 0.407. The van der Waals surface area contributed by atoms with Gasteiger partial charge in [0.25, 0.3) is 0 Å². The summed E-state index contributed by atoms with van der Waals surface area (Å²) in [7, 11) is 0. The Balaban J connectivity index is 1.31. The van der Waals surface area contributed by atoms with Crippen LogP contribution in [0.5, 0.6) is 0 Å². The summed E-state index contributed by atoms with van der Waals surface area (Å²) in [5.74, 6) is 0. The molecule has 3 aliphatic heterocycles. The Morgan fingerprint density at radius 2 is 2.03 bits per heavy atom. The average molecular weight is 455 g/mol. The predicted molar refractivity (Wildman–Crippen MR) is 134 cm³/mol. The molecule has 3 atom stereocenters. The van der Waals surface area contributed by atoms with Crippen molar-refractivity contribution >= 4 is 22.3 Å². The van der Waals surface area contributed by atoms with Crippen molar-refractivity contribution in [1.82, 2.24) is 9.88 Å².